The van der Waals surface area contributed by atoms with Crippen molar-refractivity contribution in [1.82, 2.24) is 4.98 Å². The first-order chi connectivity index (χ1) is 15.9. The van der Waals surface area contributed by atoms with E-state index in [0.717, 1.165) is 5.52 Å². The predicted octanol–water partition coefficient (Wildman–Crippen LogP) is 5.71. The Balaban J connectivity index is 1.63. The average molecular weight is 441 g/mol. The number of thiophene rings is 1. The monoisotopic (exact) mass is 440 g/mol. The van der Waals surface area contributed by atoms with Crippen molar-refractivity contribution in [2.45, 2.75) is 0 Å². The van der Waals surface area contributed by atoms with E-state index in [2.05, 4.69) is 103 Å². The topological polar surface area (TPSA) is 12.9 Å². The summed E-state index contributed by atoms with van der Waals surface area (Å²) in [6.07, 6.45) is 1.92. The summed E-state index contributed by atoms with van der Waals surface area (Å²) in [5, 5.41) is 10.9. The van der Waals surface area contributed by atoms with E-state index in [1.54, 1.807) is 0 Å². The molecule has 0 atom stereocenters. The van der Waals surface area contributed by atoms with Crippen LogP contribution in [0.25, 0.3) is 41.8 Å². The number of hydrogen-bond donors (Lipinski definition) is 0. The molecule has 7 rings (SSSR count). The van der Waals surface area contributed by atoms with Crippen LogP contribution in [0, 0.1) is 0 Å². The zero-order valence-electron chi connectivity index (χ0n) is 17.2. The normalized spacial score (nSPS) is 12.0. The maximum Gasteiger partial charge on any atom is 0.154 e. The van der Waals surface area contributed by atoms with E-state index in [1.807, 2.05) is 17.5 Å². The average Bonchev–Trinajstić information content (AvgIpc) is 3.24. The van der Waals surface area contributed by atoms with Crippen molar-refractivity contribution in [3.63, 3.8) is 0 Å². The summed E-state index contributed by atoms with van der Waals surface area (Å²) in [4.78, 5) is 4.81. The van der Waals surface area contributed by atoms with Gasteiger partial charge in [-0.3, -0.25) is 4.98 Å². The van der Waals surface area contributed by atoms with E-state index in [9.17, 15) is 0 Å². The maximum atomic E-state index is 4.81. The SMILES string of the molecule is c1ccc([Si](c2ccccc2)c2cc3sc4cccc5c6ncccc6c(c2)c3c45)cc1. The molecule has 1 nitrogen and oxygen atoms in total. The molecular weight excluding hydrogens is 422 g/mol. The van der Waals surface area contributed by atoms with Crippen LogP contribution in [0.1, 0.15) is 0 Å². The van der Waals surface area contributed by atoms with Crippen LogP contribution in [0.15, 0.2) is 109 Å². The van der Waals surface area contributed by atoms with Crippen LogP contribution >= 0.6 is 11.3 Å². The van der Waals surface area contributed by atoms with Crippen molar-refractivity contribution in [2.75, 3.05) is 0 Å². The molecule has 0 saturated heterocycles. The third-order valence-corrected chi connectivity index (χ3v) is 10.2. The molecule has 0 fully saturated rings. The summed E-state index contributed by atoms with van der Waals surface area (Å²) >= 11 is 1.91. The lowest BCUT2D eigenvalue weighted by Crippen LogP contribution is -2.51. The van der Waals surface area contributed by atoms with Gasteiger partial charge in [-0.05, 0) is 28.8 Å². The van der Waals surface area contributed by atoms with E-state index in [1.165, 1.54) is 51.9 Å². The zero-order valence-corrected chi connectivity index (χ0v) is 19.1. The summed E-state index contributed by atoms with van der Waals surface area (Å²) in [6, 6.07) is 37.9. The van der Waals surface area contributed by atoms with Gasteiger partial charge in [0.25, 0.3) is 0 Å². The Labute approximate surface area is 191 Å². The molecule has 2 heterocycles. The molecule has 0 spiro atoms. The van der Waals surface area contributed by atoms with Gasteiger partial charge in [0.05, 0.1) is 5.52 Å². The number of nitrogens with zero attached hydrogens (tertiary/aromatic N) is 1. The molecule has 3 heteroatoms. The molecule has 1 radical (unpaired) electrons. The number of rotatable bonds is 3. The van der Waals surface area contributed by atoms with Crippen LogP contribution in [0.3, 0.4) is 0 Å². The number of hydrogen-bond acceptors (Lipinski definition) is 2. The third-order valence-electron chi connectivity index (χ3n) is 6.36. The lowest BCUT2D eigenvalue weighted by atomic mass is 9.97. The summed E-state index contributed by atoms with van der Waals surface area (Å²) in [5.41, 5.74) is 1.11. The van der Waals surface area contributed by atoms with Crippen molar-refractivity contribution in [3.8, 4) is 0 Å². The van der Waals surface area contributed by atoms with Crippen LogP contribution in [-0.2, 0) is 0 Å². The van der Waals surface area contributed by atoms with Crippen LogP contribution < -0.4 is 15.6 Å². The molecule has 0 amide bonds. The molecule has 0 aliphatic rings. The Kier molecular flexibility index (Phi) is 3.95. The molecule has 0 unspecified atom stereocenters. The minimum atomic E-state index is -1.13. The van der Waals surface area contributed by atoms with Gasteiger partial charge in [-0.25, -0.2) is 0 Å². The van der Waals surface area contributed by atoms with Crippen LogP contribution in [0.2, 0.25) is 0 Å². The second-order valence-corrected chi connectivity index (χ2v) is 11.8. The summed E-state index contributed by atoms with van der Waals surface area (Å²) < 4.78 is 2.73. The van der Waals surface area contributed by atoms with E-state index >= 15 is 0 Å². The molecule has 7 aromatic rings. The highest BCUT2D eigenvalue weighted by atomic mass is 32.1. The second kappa shape index (κ2) is 6.99. The Morgan fingerprint density at radius 2 is 1.22 bits per heavy atom. The highest BCUT2D eigenvalue weighted by Gasteiger charge is 2.23. The van der Waals surface area contributed by atoms with Crippen molar-refractivity contribution < 1.29 is 0 Å². The third kappa shape index (κ3) is 2.59. The first-order valence-electron chi connectivity index (χ1n) is 10.8. The van der Waals surface area contributed by atoms with Crippen LogP contribution in [0.5, 0.6) is 0 Å². The second-order valence-electron chi connectivity index (χ2n) is 8.18. The van der Waals surface area contributed by atoms with Gasteiger partial charge in [-0.1, -0.05) is 95.3 Å². The minimum absolute atomic E-state index is 1.11. The fourth-order valence-electron chi connectivity index (χ4n) is 5.05. The number of benzene rings is 5. The fraction of sp³-hybridized carbons (Fsp3) is 0. The standard InChI is InChI=1S/C29H18NSSi/c1-3-9-19(10-4-1)32(20-11-5-2-6-12-20)21-17-24-22-14-8-16-30-29(22)23-13-7-15-25-27(23)28(24)26(18-21)31-25/h1-18H. The molecule has 5 aromatic carbocycles. The zero-order chi connectivity index (χ0) is 21.1. The Morgan fingerprint density at radius 1 is 0.531 bits per heavy atom. The van der Waals surface area contributed by atoms with Crippen LogP contribution in [-0.4, -0.2) is 13.8 Å². The van der Waals surface area contributed by atoms with Gasteiger partial charge >= 0.3 is 0 Å². The minimum Gasteiger partial charge on any atom is -0.256 e. The van der Waals surface area contributed by atoms with E-state index in [-0.39, 0.29) is 0 Å². The first-order valence-corrected chi connectivity index (χ1v) is 13.1. The number of aromatic nitrogens is 1. The molecular formula is C29H18NSSi. The van der Waals surface area contributed by atoms with E-state index in [0.29, 0.717) is 0 Å². The lowest BCUT2D eigenvalue weighted by molar-refractivity contribution is 1.43. The molecule has 149 valence electrons. The van der Waals surface area contributed by atoms with Crippen molar-refractivity contribution in [2.24, 2.45) is 0 Å². The maximum absolute atomic E-state index is 4.81. The van der Waals surface area contributed by atoms with Gasteiger partial charge in [0.15, 0.2) is 8.80 Å². The Morgan fingerprint density at radius 3 is 1.97 bits per heavy atom. The van der Waals surface area contributed by atoms with Crippen LogP contribution in [0.4, 0.5) is 0 Å². The highest BCUT2D eigenvalue weighted by molar-refractivity contribution is 7.26. The van der Waals surface area contributed by atoms with Gasteiger partial charge in [0.1, 0.15) is 0 Å². The van der Waals surface area contributed by atoms with Gasteiger partial charge in [-0.2, -0.15) is 0 Å². The Bertz CT molecular complexity index is 1680. The quantitative estimate of drug-likeness (QED) is 0.195. The molecule has 0 aliphatic carbocycles. The Hall–Kier alpha value is -3.53. The van der Waals surface area contributed by atoms with Crippen molar-refractivity contribution in [3.05, 3.63) is 109 Å². The molecule has 32 heavy (non-hydrogen) atoms. The largest absolute Gasteiger partial charge is 0.256 e. The summed E-state index contributed by atoms with van der Waals surface area (Å²) in [7, 11) is -1.13. The van der Waals surface area contributed by atoms with Gasteiger partial charge in [0, 0.05) is 37.1 Å². The number of pyridine rings is 1. The molecule has 0 saturated carbocycles. The smallest absolute Gasteiger partial charge is 0.154 e. The summed E-state index contributed by atoms with van der Waals surface area (Å²) in [5.74, 6) is 0. The molecule has 2 aromatic heterocycles. The van der Waals surface area contributed by atoms with E-state index < -0.39 is 8.80 Å². The molecule has 0 N–H and O–H groups in total. The predicted molar refractivity (Wildman–Crippen MR) is 141 cm³/mol. The van der Waals surface area contributed by atoms with Gasteiger partial charge in [0.2, 0.25) is 0 Å². The highest BCUT2D eigenvalue weighted by Crippen LogP contribution is 2.43. The lowest BCUT2D eigenvalue weighted by Gasteiger charge is -2.18. The van der Waals surface area contributed by atoms with Gasteiger partial charge in [-0.15, -0.1) is 11.3 Å². The van der Waals surface area contributed by atoms with E-state index in [4.69, 9.17) is 4.98 Å². The van der Waals surface area contributed by atoms with Crippen molar-refractivity contribution >= 4 is 77.5 Å². The fourth-order valence-corrected chi connectivity index (χ4v) is 8.98. The number of fused-ring (bicyclic) bond motifs is 3. The van der Waals surface area contributed by atoms with Crippen molar-refractivity contribution in [1.29, 1.82) is 0 Å². The molecule has 0 bridgehead atoms. The summed E-state index contributed by atoms with van der Waals surface area (Å²) in [6.45, 7) is 0. The van der Waals surface area contributed by atoms with Gasteiger partial charge < -0.3 is 0 Å². The first kappa shape index (κ1) is 18.1. The molecule has 0 aliphatic heterocycles.